The lowest BCUT2D eigenvalue weighted by atomic mass is 9.65. The van der Waals surface area contributed by atoms with Crippen LogP contribution in [0.5, 0.6) is 11.5 Å². The molecule has 2 heterocycles. The average Bonchev–Trinajstić information content (AvgIpc) is 3.58. The lowest BCUT2D eigenvalue weighted by molar-refractivity contribution is 0.436. The molecule has 0 fully saturated rings. The van der Waals surface area contributed by atoms with Crippen molar-refractivity contribution in [3.8, 4) is 84.9 Å². The molecule has 0 bridgehead atoms. The van der Waals surface area contributed by atoms with Crippen LogP contribution in [0, 0.1) is 11.3 Å². The van der Waals surface area contributed by atoms with Gasteiger partial charge in [0.1, 0.15) is 11.5 Å². The molecule has 1 aromatic heterocycles. The molecule has 58 heavy (non-hydrogen) atoms. The molecular weight excluding hydrogens is 707 g/mol. The van der Waals surface area contributed by atoms with Crippen molar-refractivity contribution in [2.75, 3.05) is 0 Å². The maximum absolute atomic E-state index is 10.1. The predicted molar refractivity (Wildman–Crippen MR) is 231 cm³/mol. The molecular formula is C54H33N3O. The third-order valence-corrected chi connectivity index (χ3v) is 11.6. The summed E-state index contributed by atoms with van der Waals surface area (Å²) in [5.74, 6) is 2.36. The maximum Gasteiger partial charge on any atom is 0.160 e. The highest BCUT2D eigenvalue weighted by molar-refractivity contribution is 5.92. The third-order valence-electron chi connectivity index (χ3n) is 11.6. The van der Waals surface area contributed by atoms with Crippen molar-refractivity contribution in [2.24, 2.45) is 0 Å². The fourth-order valence-corrected chi connectivity index (χ4v) is 8.98. The second-order valence-electron chi connectivity index (χ2n) is 14.8. The number of ether oxygens (including phenoxy) is 1. The summed E-state index contributed by atoms with van der Waals surface area (Å²) in [4.78, 5) is 10.1. The van der Waals surface area contributed by atoms with Gasteiger partial charge in [0.2, 0.25) is 0 Å². The molecule has 11 rings (SSSR count). The minimum absolute atomic E-state index is 0.652. The molecule has 9 aromatic rings. The number of para-hydroxylation sites is 2. The SMILES string of the molecule is N#Cc1ccccc1-c1ccc2c(c1)C1(c3ccccc3Oc3ccccc31)c1cc(-c3ccc(-c4nc(-c5ccccc5)cc(-c5ccccc5)n4)cc3)ccc1-2. The quantitative estimate of drug-likeness (QED) is 0.176. The van der Waals surface area contributed by atoms with Crippen molar-refractivity contribution in [3.05, 3.63) is 228 Å². The Balaban J connectivity index is 1.07. The summed E-state index contributed by atoms with van der Waals surface area (Å²) in [6.07, 6.45) is 0. The number of hydrogen-bond donors (Lipinski definition) is 0. The molecule has 0 unspecified atom stereocenters. The van der Waals surface area contributed by atoms with Gasteiger partial charge in [0.25, 0.3) is 0 Å². The van der Waals surface area contributed by atoms with Gasteiger partial charge >= 0.3 is 0 Å². The van der Waals surface area contributed by atoms with Crippen LogP contribution in [0.3, 0.4) is 0 Å². The van der Waals surface area contributed by atoms with Gasteiger partial charge in [-0.25, -0.2) is 9.97 Å². The molecule has 0 saturated heterocycles. The Bertz CT molecular complexity index is 2990. The predicted octanol–water partition coefficient (Wildman–Crippen LogP) is 13.2. The molecule has 270 valence electrons. The van der Waals surface area contributed by atoms with Gasteiger partial charge in [-0.3, -0.25) is 0 Å². The van der Waals surface area contributed by atoms with Crippen molar-refractivity contribution in [3.63, 3.8) is 0 Å². The molecule has 2 aliphatic rings. The van der Waals surface area contributed by atoms with Gasteiger partial charge in [-0.05, 0) is 80.9 Å². The number of benzene rings is 8. The fraction of sp³-hybridized carbons (Fsp3) is 0.0185. The zero-order valence-electron chi connectivity index (χ0n) is 31.3. The summed E-state index contributed by atoms with van der Waals surface area (Å²) in [6, 6.07) is 71.9. The van der Waals surface area contributed by atoms with Crippen LogP contribution in [0.1, 0.15) is 27.8 Å². The van der Waals surface area contributed by atoms with Gasteiger partial charge in [-0.2, -0.15) is 5.26 Å². The Morgan fingerprint density at radius 3 is 1.47 bits per heavy atom. The Morgan fingerprint density at radius 2 is 0.862 bits per heavy atom. The molecule has 1 aliphatic carbocycles. The van der Waals surface area contributed by atoms with E-state index in [0.29, 0.717) is 11.4 Å². The first-order valence-corrected chi connectivity index (χ1v) is 19.5. The van der Waals surface area contributed by atoms with E-state index in [4.69, 9.17) is 14.7 Å². The van der Waals surface area contributed by atoms with E-state index in [-0.39, 0.29) is 0 Å². The molecule has 1 aliphatic heterocycles. The topological polar surface area (TPSA) is 58.8 Å². The number of nitriles is 1. The summed E-state index contributed by atoms with van der Waals surface area (Å²) in [5, 5.41) is 10.1. The van der Waals surface area contributed by atoms with E-state index >= 15 is 0 Å². The van der Waals surface area contributed by atoms with Gasteiger partial charge in [0.15, 0.2) is 5.82 Å². The molecule has 0 N–H and O–H groups in total. The van der Waals surface area contributed by atoms with Crippen LogP contribution in [0.25, 0.3) is 67.3 Å². The summed E-state index contributed by atoms with van der Waals surface area (Å²) in [5.41, 5.74) is 15.8. The van der Waals surface area contributed by atoms with Crippen molar-refractivity contribution in [1.82, 2.24) is 9.97 Å². The van der Waals surface area contributed by atoms with E-state index in [1.165, 1.54) is 22.3 Å². The van der Waals surface area contributed by atoms with Crippen molar-refractivity contribution >= 4 is 0 Å². The summed E-state index contributed by atoms with van der Waals surface area (Å²) in [6.45, 7) is 0. The largest absolute Gasteiger partial charge is 0.457 e. The van der Waals surface area contributed by atoms with Crippen LogP contribution in [-0.2, 0) is 5.41 Å². The van der Waals surface area contributed by atoms with Crippen LogP contribution >= 0.6 is 0 Å². The van der Waals surface area contributed by atoms with E-state index in [1.54, 1.807) is 0 Å². The highest BCUT2D eigenvalue weighted by Gasteiger charge is 2.51. The Labute approximate surface area is 337 Å². The standard InChI is InChI=1S/C54H33N3O/c55-34-41-17-7-8-18-42(41)40-28-30-44-43-29-27-39(31-47(43)54(48(44)32-40)45-19-9-11-21-51(45)58-52-22-12-10-20-46(52)54)35-23-25-38(26-24-35)53-56-49(36-13-3-1-4-14-36)33-50(57-53)37-15-5-2-6-16-37/h1-33H. The first-order chi connectivity index (χ1) is 28.7. The van der Waals surface area contributed by atoms with E-state index in [1.807, 2.05) is 72.8 Å². The molecule has 1 spiro atoms. The smallest absolute Gasteiger partial charge is 0.160 e. The van der Waals surface area contributed by atoms with E-state index in [0.717, 1.165) is 73.0 Å². The number of nitrogens with zero attached hydrogens (tertiary/aromatic N) is 3. The molecule has 0 saturated carbocycles. The Kier molecular flexibility index (Phi) is 7.74. The molecule has 8 aromatic carbocycles. The summed E-state index contributed by atoms with van der Waals surface area (Å²) < 4.78 is 6.63. The van der Waals surface area contributed by atoms with E-state index in [2.05, 4.69) is 133 Å². The van der Waals surface area contributed by atoms with Gasteiger partial charge in [-0.1, -0.05) is 164 Å². The average molecular weight is 740 g/mol. The van der Waals surface area contributed by atoms with Crippen LogP contribution in [0.4, 0.5) is 0 Å². The first kappa shape index (κ1) is 33.5. The molecule has 0 atom stereocenters. The Hall–Kier alpha value is -7.87. The van der Waals surface area contributed by atoms with E-state index < -0.39 is 5.41 Å². The second kappa shape index (κ2) is 13.4. The molecule has 4 heteroatoms. The van der Waals surface area contributed by atoms with Crippen molar-refractivity contribution in [2.45, 2.75) is 5.41 Å². The van der Waals surface area contributed by atoms with Crippen LogP contribution in [0.15, 0.2) is 200 Å². The molecule has 0 amide bonds. The molecule has 4 nitrogen and oxygen atoms in total. The molecule has 0 radical (unpaired) electrons. The van der Waals surface area contributed by atoms with Crippen LogP contribution in [-0.4, -0.2) is 9.97 Å². The highest BCUT2D eigenvalue weighted by Crippen LogP contribution is 2.62. The zero-order chi connectivity index (χ0) is 38.6. The fourth-order valence-electron chi connectivity index (χ4n) is 8.98. The second-order valence-corrected chi connectivity index (χ2v) is 14.8. The first-order valence-electron chi connectivity index (χ1n) is 19.5. The minimum Gasteiger partial charge on any atom is -0.457 e. The lowest BCUT2D eigenvalue weighted by Gasteiger charge is -2.39. The van der Waals surface area contributed by atoms with Gasteiger partial charge in [-0.15, -0.1) is 0 Å². The number of aromatic nitrogens is 2. The summed E-state index contributed by atoms with van der Waals surface area (Å²) in [7, 11) is 0. The van der Waals surface area contributed by atoms with Gasteiger partial charge in [0, 0.05) is 27.8 Å². The zero-order valence-corrected chi connectivity index (χ0v) is 31.3. The Morgan fingerprint density at radius 1 is 0.379 bits per heavy atom. The van der Waals surface area contributed by atoms with Crippen LogP contribution < -0.4 is 4.74 Å². The number of hydrogen-bond acceptors (Lipinski definition) is 4. The normalized spacial score (nSPS) is 12.7. The highest BCUT2D eigenvalue weighted by atomic mass is 16.5. The lowest BCUT2D eigenvalue weighted by Crippen LogP contribution is -2.32. The minimum atomic E-state index is -0.663. The number of fused-ring (bicyclic) bond motifs is 9. The monoisotopic (exact) mass is 739 g/mol. The van der Waals surface area contributed by atoms with Crippen molar-refractivity contribution in [1.29, 1.82) is 5.26 Å². The van der Waals surface area contributed by atoms with Gasteiger partial charge in [0.05, 0.1) is 28.4 Å². The van der Waals surface area contributed by atoms with E-state index in [9.17, 15) is 5.26 Å². The number of rotatable bonds is 5. The maximum atomic E-state index is 10.1. The van der Waals surface area contributed by atoms with Crippen LogP contribution in [0.2, 0.25) is 0 Å². The van der Waals surface area contributed by atoms with Gasteiger partial charge < -0.3 is 4.74 Å². The van der Waals surface area contributed by atoms with Crippen molar-refractivity contribution < 1.29 is 4.74 Å². The third kappa shape index (κ3) is 5.22. The summed E-state index contributed by atoms with van der Waals surface area (Å²) >= 11 is 0.